The van der Waals surface area contributed by atoms with E-state index in [2.05, 4.69) is 68.3 Å². The van der Waals surface area contributed by atoms with E-state index in [9.17, 15) is 18.4 Å². The number of pyridine rings is 1. The molecular weight excluding hydrogens is 607 g/mol. The average Bonchev–Trinajstić information content (AvgIpc) is 3.37. The molecule has 0 aliphatic heterocycles. The van der Waals surface area contributed by atoms with Crippen molar-refractivity contribution in [2.75, 3.05) is 17.2 Å². The van der Waals surface area contributed by atoms with Crippen LogP contribution >= 0.6 is 11.6 Å². The number of hydrogen-bond donors (Lipinski definition) is 2. The van der Waals surface area contributed by atoms with Gasteiger partial charge in [-0.25, -0.2) is 9.36 Å². The summed E-state index contributed by atoms with van der Waals surface area (Å²) >= 11 is 6.64. The van der Waals surface area contributed by atoms with Crippen LogP contribution in [0.1, 0.15) is 62.0 Å². The summed E-state index contributed by atoms with van der Waals surface area (Å²) in [7, 11) is 0. The molecule has 1 aliphatic carbocycles. The largest absolute Gasteiger partial charge is 0.413 e. The molecule has 1 fully saturated rings. The van der Waals surface area contributed by atoms with E-state index in [-0.39, 0.29) is 24.0 Å². The van der Waals surface area contributed by atoms with Gasteiger partial charge >= 0.3 is 6.18 Å². The summed E-state index contributed by atoms with van der Waals surface area (Å²) in [5, 5.41) is 37.3. The fourth-order valence-corrected chi connectivity index (χ4v) is 5.54. The maximum absolute atomic E-state index is 14.0. The van der Waals surface area contributed by atoms with Crippen LogP contribution in [0.15, 0.2) is 49.1 Å². The van der Waals surface area contributed by atoms with Crippen LogP contribution in [0.4, 0.5) is 24.5 Å². The zero-order valence-corrected chi connectivity index (χ0v) is 25.6. The van der Waals surface area contributed by atoms with Gasteiger partial charge in [-0.15, -0.1) is 10.2 Å². The number of nitriles is 1. The molecule has 0 unspecified atom stereocenters. The quantitative estimate of drug-likeness (QED) is 0.200. The molecule has 6 rings (SSSR count). The van der Waals surface area contributed by atoms with Gasteiger partial charge in [0.25, 0.3) is 0 Å². The Morgan fingerprint density at radius 3 is 2.58 bits per heavy atom. The molecule has 3 aromatic heterocycles. The Hall–Kier alpha value is -4.77. The highest BCUT2D eigenvalue weighted by Crippen LogP contribution is 2.55. The van der Waals surface area contributed by atoms with Gasteiger partial charge in [0.2, 0.25) is 0 Å². The van der Waals surface area contributed by atoms with Gasteiger partial charge in [-0.1, -0.05) is 49.7 Å². The summed E-state index contributed by atoms with van der Waals surface area (Å²) in [5.41, 5.74) is 2.16. The molecule has 2 aromatic carbocycles. The van der Waals surface area contributed by atoms with Crippen molar-refractivity contribution in [1.29, 1.82) is 5.26 Å². The monoisotopic (exact) mass is 635 g/mol. The van der Waals surface area contributed by atoms with Gasteiger partial charge in [0.05, 0.1) is 40.4 Å². The van der Waals surface area contributed by atoms with E-state index in [0.717, 1.165) is 10.2 Å². The lowest BCUT2D eigenvalue weighted by Crippen LogP contribution is -2.35. The van der Waals surface area contributed by atoms with Crippen molar-refractivity contribution in [2.45, 2.75) is 58.3 Å². The second-order valence-electron chi connectivity index (χ2n) is 12.4. The predicted octanol–water partition coefficient (Wildman–Crippen LogP) is 6.35. The van der Waals surface area contributed by atoms with Crippen molar-refractivity contribution in [1.82, 2.24) is 40.2 Å². The summed E-state index contributed by atoms with van der Waals surface area (Å²) in [6.07, 6.45) is -0.330. The molecular formula is C30H29ClF3N11. The van der Waals surface area contributed by atoms with Gasteiger partial charge in [0, 0.05) is 23.2 Å². The average molecular weight is 636 g/mol. The second-order valence-corrected chi connectivity index (χ2v) is 12.8. The minimum Gasteiger partial charge on any atom is -0.383 e. The minimum atomic E-state index is -4.47. The number of hydrogen-bond acceptors (Lipinski definition) is 9. The fourth-order valence-electron chi connectivity index (χ4n) is 5.33. The summed E-state index contributed by atoms with van der Waals surface area (Å²) < 4.78 is 44.5. The number of benzene rings is 2. The Labute approximate surface area is 261 Å². The van der Waals surface area contributed by atoms with Crippen LogP contribution in [0.3, 0.4) is 0 Å². The fraction of sp³-hybridized carbons (Fsp3) is 0.367. The molecule has 1 aliphatic rings. The number of tetrazole rings is 1. The highest BCUT2D eigenvalue weighted by molar-refractivity contribution is 6.32. The van der Waals surface area contributed by atoms with Gasteiger partial charge in [-0.2, -0.15) is 18.4 Å². The van der Waals surface area contributed by atoms with E-state index < -0.39 is 17.8 Å². The van der Waals surface area contributed by atoms with E-state index in [1.54, 1.807) is 18.2 Å². The molecule has 0 amide bonds. The molecule has 5 aromatic rings. The van der Waals surface area contributed by atoms with E-state index in [1.165, 1.54) is 23.4 Å². The van der Waals surface area contributed by atoms with E-state index in [1.807, 2.05) is 19.1 Å². The summed E-state index contributed by atoms with van der Waals surface area (Å²) in [6, 6.07) is 10.3. The number of rotatable bonds is 8. The second kappa shape index (κ2) is 11.0. The highest BCUT2D eigenvalue weighted by atomic mass is 35.5. The lowest BCUT2D eigenvalue weighted by Gasteiger charge is -2.24. The van der Waals surface area contributed by atoms with Gasteiger partial charge in [0.1, 0.15) is 18.1 Å². The summed E-state index contributed by atoms with van der Waals surface area (Å²) in [6.45, 7) is 8.66. The van der Waals surface area contributed by atoms with Gasteiger partial charge in [-0.3, -0.25) is 4.98 Å². The van der Waals surface area contributed by atoms with E-state index >= 15 is 0 Å². The Balaban J connectivity index is 1.50. The number of aromatic nitrogens is 8. The lowest BCUT2D eigenvalue weighted by molar-refractivity contribution is -0.182. The number of nitrogens with zero attached hydrogens (tertiary/aromatic N) is 9. The maximum atomic E-state index is 14.0. The SMILES string of the molecule is Cc1c([C@H](Nc2cc(Cl)cc3c(NCC(C)(C)C)c(C#N)cnc23)c2cn(C3(C(F)(F)F)CC3)nn2)cccc1-n1cnnn1. The molecule has 1 atom stereocenters. The number of anilines is 2. The topological polar surface area (TPSA) is 135 Å². The lowest BCUT2D eigenvalue weighted by atomic mass is 9.96. The van der Waals surface area contributed by atoms with Crippen molar-refractivity contribution >= 4 is 33.9 Å². The minimum absolute atomic E-state index is 0.0698. The molecule has 15 heteroatoms. The van der Waals surface area contributed by atoms with Crippen LogP contribution in [0.25, 0.3) is 16.6 Å². The van der Waals surface area contributed by atoms with Crippen molar-refractivity contribution in [3.8, 4) is 11.8 Å². The first-order valence-electron chi connectivity index (χ1n) is 14.2. The van der Waals surface area contributed by atoms with Crippen LogP contribution in [0, 0.1) is 23.7 Å². The molecule has 45 heavy (non-hydrogen) atoms. The standard InChI is InChI=1S/C30H29ClF3N11/c1-17-20(6-5-7-24(17)44-16-38-41-43-44)27(23-14-45(42-40-23)29(8-9-29)30(32,33)34)39-22-11-19(31)10-21-25(37-15-28(2,3)4)18(12-35)13-36-26(21)22/h5-7,10-11,13-14,16,27,39H,8-9,15H2,1-4H3,(H,36,37)/t27-/m0/s1. The molecule has 0 spiro atoms. The first-order chi connectivity index (χ1) is 21.3. The summed E-state index contributed by atoms with van der Waals surface area (Å²) in [5.74, 6) is 0. The van der Waals surface area contributed by atoms with Gasteiger partial charge in [-0.05, 0) is 64.9 Å². The maximum Gasteiger partial charge on any atom is 0.413 e. The normalized spacial score (nSPS) is 15.1. The molecule has 2 N–H and O–H groups in total. The molecule has 0 radical (unpaired) electrons. The number of halogens is 4. The first-order valence-corrected chi connectivity index (χ1v) is 14.5. The Bertz CT molecular complexity index is 1920. The zero-order chi connectivity index (χ0) is 32.1. The molecule has 1 saturated carbocycles. The van der Waals surface area contributed by atoms with Crippen molar-refractivity contribution < 1.29 is 13.2 Å². The number of nitrogens with one attached hydrogen (secondary N) is 2. The van der Waals surface area contributed by atoms with Crippen molar-refractivity contribution in [3.63, 3.8) is 0 Å². The molecule has 11 nitrogen and oxygen atoms in total. The third-order valence-electron chi connectivity index (χ3n) is 7.90. The van der Waals surface area contributed by atoms with Crippen LogP contribution in [0.2, 0.25) is 5.02 Å². The van der Waals surface area contributed by atoms with Crippen molar-refractivity contribution in [2.24, 2.45) is 5.41 Å². The predicted molar refractivity (Wildman–Crippen MR) is 162 cm³/mol. The van der Waals surface area contributed by atoms with Crippen LogP contribution in [0.5, 0.6) is 0 Å². The van der Waals surface area contributed by atoms with E-state index in [4.69, 9.17) is 11.6 Å². The van der Waals surface area contributed by atoms with Crippen LogP contribution in [-0.4, -0.2) is 52.9 Å². The smallest absolute Gasteiger partial charge is 0.383 e. The van der Waals surface area contributed by atoms with Gasteiger partial charge < -0.3 is 10.6 Å². The third kappa shape index (κ3) is 5.64. The van der Waals surface area contributed by atoms with Crippen molar-refractivity contribution in [3.05, 3.63) is 76.5 Å². The van der Waals surface area contributed by atoms with Crippen LogP contribution in [-0.2, 0) is 5.54 Å². The van der Waals surface area contributed by atoms with Crippen LogP contribution < -0.4 is 10.6 Å². The number of fused-ring (bicyclic) bond motifs is 1. The summed E-state index contributed by atoms with van der Waals surface area (Å²) in [4.78, 5) is 4.60. The van der Waals surface area contributed by atoms with E-state index in [0.29, 0.717) is 50.7 Å². The zero-order valence-electron chi connectivity index (χ0n) is 24.9. The first kappa shape index (κ1) is 30.3. The highest BCUT2D eigenvalue weighted by Gasteiger charge is 2.66. The Kier molecular flexibility index (Phi) is 7.39. The molecule has 3 heterocycles. The molecule has 0 saturated heterocycles. The Morgan fingerprint density at radius 1 is 1.16 bits per heavy atom. The number of alkyl halides is 3. The molecule has 0 bridgehead atoms. The Morgan fingerprint density at radius 2 is 1.93 bits per heavy atom. The third-order valence-corrected chi connectivity index (χ3v) is 8.12. The van der Waals surface area contributed by atoms with Gasteiger partial charge in [0.15, 0.2) is 5.54 Å². The molecule has 232 valence electrons.